The van der Waals surface area contributed by atoms with E-state index >= 15 is 0 Å². The van der Waals surface area contributed by atoms with Crippen molar-refractivity contribution in [3.05, 3.63) is 65.5 Å². The Hall–Kier alpha value is -3.15. The molecule has 3 aromatic rings. The van der Waals surface area contributed by atoms with Crippen LogP contribution in [-0.4, -0.2) is 29.1 Å². The number of rotatable bonds is 5. The van der Waals surface area contributed by atoms with Crippen LogP contribution in [0.3, 0.4) is 0 Å². The number of nitrogens with zero attached hydrogens (tertiary/aromatic N) is 3. The molecule has 4 rings (SSSR count). The molecule has 6 nitrogen and oxygen atoms in total. The zero-order chi connectivity index (χ0) is 20.2. The van der Waals surface area contributed by atoms with Crippen LogP contribution in [0.2, 0.25) is 0 Å². The van der Waals surface area contributed by atoms with Crippen molar-refractivity contribution in [3.63, 3.8) is 0 Å². The van der Waals surface area contributed by atoms with Gasteiger partial charge in [0.25, 0.3) is 0 Å². The Morgan fingerprint density at radius 3 is 2.52 bits per heavy atom. The third-order valence-corrected chi connectivity index (χ3v) is 5.38. The first-order valence-corrected chi connectivity index (χ1v) is 10.1. The molecule has 2 heterocycles. The molecular formula is C23H26N4O2. The molecule has 1 aromatic heterocycles. The minimum absolute atomic E-state index is 0.0375. The molecule has 1 aliphatic heterocycles. The molecule has 1 amide bonds. The van der Waals surface area contributed by atoms with Gasteiger partial charge in [-0.05, 0) is 38.8 Å². The predicted octanol–water partition coefficient (Wildman–Crippen LogP) is 3.89. The summed E-state index contributed by atoms with van der Waals surface area (Å²) in [6.07, 6.45) is 1.90. The molecule has 0 bridgehead atoms. The van der Waals surface area contributed by atoms with Crippen LogP contribution in [0.1, 0.15) is 29.9 Å². The number of aryl methyl sites for hydroxylation is 2. The van der Waals surface area contributed by atoms with Gasteiger partial charge in [0.05, 0.1) is 12.5 Å². The second kappa shape index (κ2) is 8.47. The summed E-state index contributed by atoms with van der Waals surface area (Å²) >= 11 is 0. The first-order chi connectivity index (χ1) is 14.1. The van der Waals surface area contributed by atoms with E-state index in [-0.39, 0.29) is 18.4 Å². The molecule has 0 unspecified atom stereocenters. The zero-order valence-corrected chi connectivity index (χ0v) is 16.9. The monoisotopic (exact) mass is 390 g/mol. The van der Waals surface area contributed by atoms with Crippen LogP contribution in [0.5, 0.6) is 0 Å². The topological polar surface area (TPSA) is 71.3 Å². The fraction of sp³-hybridized carbons (Fsp3) is 0.348. The van der Waals surface area contributed by atoms with Crippen molar-refractivity contribution in [2.45, 2.75) is 33.2 Å². The van der Waals surface area contributed by atoms with E-state index in [4.69, 9.17) is 4.52 Å². The van der Waals surface area contributed by atoms with Gasteiger partial charge in [-0.2, -0.15) is 4.98 Å². The van der Waals surface area contributed by atoms with Crippen molar-refractivity contribution in [1.82, 2.24) is 15.5 Å². The zero-order valence-electron chi connectivity index (χ0n) is 16.9. The lowest BCUT2D eigenvalue weighted by Crippen LogP contribution is -2.43. The molecule has 1 saturated heterocycles. The summed E-state index contributed by atoms with van der Waals surface area (Å²) in [6, 6.07) is 16.4. The highest BCUT2D eigenvalue weighted by atomic mass is 16.5. The van der Waals surface area contributed by atoms with Gasteiger partial charge in [-0.3, -0.25) is 4.79 Å². The van der Waals surface area contributed by atoms with Crippen LogP contribution in [0.25, 0.3) is 11.4 Å². The van der Waals surface area contributed by atoms with E-state index in [0.29, 0.717) is 11.7 Å². The third kappa shape index (κ3) is 4.65. The summed E-state index contributed by atoms with van der Waals surface area (Å²) in [6.45, 7) is 6.08. The summed E-state index contributed by atoms with van der Waals surface area (Å²) in [5, 5.41) is 6.98. The molecule has 6 heteroatoms. The van der Waals surface area contributed by atoms with Crippen molar-refractivity contribution in [3.8, 4) is 11.4 Å². The summed E-state index contributed by atoms with van der Waals surface area (Å²) < 4.78 is 5.30. The fourth-order valence-electron chi connectivity index (χ4n) is 3.63. The molecule has 150 valence electrons. The van der Waals surface area contributed by atoms with Gasteiger partial charge in [0, 0.05) is 24.3 Å². The highest BCUT2D eigenvalue weighted by Gasteiger charge is 2.26. The third-order valence-electron chi connectivity index (χ3n) is 5.38. The molecule has 0 aliphatic carbocycles. The number of amides is 1. The van der Waals surface area contributed by atoms with Crippen molar-refractivity contribution in [2.75, 3.05) is 18.0 Å². The molecule has 0 radical (unpaired) electrons. The van der Waals surface area contributed by atoms with Gasteiger partial charge in [-0.25, -0.2) is 0 Å². The molecule has 1 N–H and O–H groups in total. The van der Waals surface area contributed by atoms with Crippen LogP contribution in [-0.2, 0) is 11.3 Å². The number of hydrogen-bond acceptors (Lipinski definition) is 5. The SMILES string of the molecule is Cc1ccc(-c2noc(CNC(=O)[C@@H]3CCCN(c4ccc(C)cc4)C3)n2)cc1. The van der Waals surface area contributed by atoms with Gasteiger partial charge in [0.2, 0.25) is 17.6 Å². The lowest BCUT2D eigenvalue weighted by molar-refractivity contribution is -0.125. The smallest absolute Gasteiger partial charge is 0.246 e. The summed E-state index contributed by atoms with van der Waals surface area (Å²) in [7, 11) is 0. The van der Waals surface area contributed by atoms with Crippen molar-refractivity contribution >= 4 is 11.6 Å². The molecule has 1 atom stereocenters. The van der Waals surface area contributed by atoms with Crippen LogP contribution < -0.4 is 10.2 Å². The quantitative estimate of drug-likeness (QED) is 0.716. The van der Waals surface area contributed by atoms with Crippen LogP contribution in [0.4, 0.5) is 5.69 Å². The first kappa shape index (κ1) is 19.2. The Balaban J connectivity index is 1.33. The maximum absolute atomic E-state index is 12.7. The van der Waals surface area contributed by atoms with Gasteiger partial charge < -0.3 is 14.7 Å². The number of anilines is 1. The number of nitrogens with one attached hydrogen (secondary N) is 1. The summed E-state index contributed by atoms with van der Waals surface area (Å²) in [5.74, 6) is 0.957. The normalized spacial score (nSPS) is 16.6. The van der Waals surface area contributed by atoms with Crippen molar-refractivity contribution in [2.24, 2.45) is 5.92 Å². The lowest BCUT2D eigenvalue weighted by Gasteiger charge is -2.33. The Bertz CT molecular complexity index is 963. The Kier molecular flexibility index (Phi) is 5.60. The maximum atomic E-state index is 12.7. The molecular weight excluding hydrogens is 364 g/mol. The Labute approximate surface area is 170 Å². The number of carbonyl (C=O) groups is 1. The van der Waals surface area contributed by atoms with Crippen LogP contribution in [0.15, 0.2) is 53.1 Å². The minimum atomic E-state index is -0.0375. The predicted molar refractivity (Wildman–Crippen MR) is 112 cm³/mol. The average molecular weight is 390 g/mol. The summed E-state index contributed by atoms with van der Waals surface area (Å²) in [5.41, 5.74) is 4.49. The lowest BCUT2D eigenvalue weighted by atomic mass is 9.96. The number of carbonyl (C=O) groups excluding carboxylic acids is 1. The van der Waals surface area contributed by atoms with Crippen LogP contribution >= 0.6 is 0 Å². The Morgan fingerprint density at radius 1 is 1.10 bits per heavy atom. The van der Waals surface area contributed by atoms with Gasteiger partial charge in [0.15, 0.2) is 0 Å². The van der Waals surface area contributed by atoms with E-state index in [0.717, 1.165) is 31.5 Å². The van der Waals surface area contributed by atoms with Gasteiger partial charge in [-0.1, -0.05) is 52.7 Å². The molecule has 1 aliphatic rings. The number of piperidine rings is 1. The molecule has 2 aromatic carbocycles. The molecule has 0 saturated carbocycles. The maximum Gasteiger partial charge on any atom is 0.246 e. The number of hydrogen-bond donors (Lipinski definition) is 1. The summed E-state index contributed by atoms with van der Waals surface area (Å²) in [4.78, 5) is 19.4. The van der Waals surface area contributed by atoms with Crippen molar-refractivity contribution < 1.29 is 9.32 Å². The van der Waals surface area contributed by atoms with E-state index in [1.54, 1.807) is 0 Å². The standard InChI is InChI=1S/C23H26N4O2/c1-16-5-9-18(10-6-16)22-25-21(29-26-22)14-24-23(28)19-4-3-13-27(15-19)20-11-7-17(2)8-12-20/h5-12,19H,3-4,13-15H2,1-2H3,(H,24,28)/t19-/m1/s1. The van der Waals surface area contributed by atoms with E-state index in [9.17, 15) is 4.79 Å². The van der Waals surface area contributed by atoms with E-state index in [1.807, 2.05) is 31.2 Å². The van der Waals surface area contributed by atoms with Crippen LogP contribution in [0, 0.1) is 19.8 Å². The van der Waals surface area contributed by atoms with Gasteiger partial charge in [0.1, 0.15) is 0 Å². The highest BCUT2D eigenvalue weighted by Crippen LogP contribution is 2.24. The van der Waals surface area contributed by atoms with E-state index in [1.165, 1.54) is 16.8 Å². The van der Waals surface area contributed by atoms with Gasteiger partial charge >= 0.3 is 0 Å². The second-order valence-corrected chi connectivity index (χ2v) is 7.72. The first-order valence-electron chi connectivity index (χ1n) is 10.1. The Morgan fingerprint density at radius 2 is 1.79 bits per heavy atom. The van der Waals surface area contributed by atoms with Crippen molar-refractivity contribution in [1.29, 1.82) is 0 Å². The minimum Gasteiger partial charge on any atom is -0.371 e. The second-order valence-electron chi connectivity index (χ2n) is 7.72. The fourth-order valence-corrected chi connectivity index (χ4v) is 3.63. The molecule has 29 heavy (non-hydrogen) atoms. The number of aromatic nitrogens is 2. The van der Waals surface area contributed by atoms with Gasteiger partial charge in [-0.15, -0.1) is 0 Å². The molecule has 1 fully saturated rings. The number of benzene rings is 2. The highest BCUT2D eigenvalue weighted by molar-refractivity contribution is 5.79. The molecule has 0 spiro atoms. The van der Waals surface area contributed by atoms with E-state index < -0.39 is 0 Å². The largest absolute Gasteiger partial charge is 0.371 e. The average Bonchev–Trinajstić information content (AvgIpc) is 3.22. The van der Waals surface area contributed by atoms with E-state index in [2.05, 4.69) is 51.5 Å².